The van der Waals surface area contributed by atoms with Crippen LogP contribution >= 0.6 is 0 Å². The van der Waals surface area contributed by atoms with E-state index < -0.39 is 0 Å². The largest absolute Gasteiger partial charge is 0.357 e. The Balaban J connectivity index is 1.76. The van der Waals surface area contributed by atoms with Crippen molar-refractivity contribution in [2.75, 3.05) is 31.1 Å². The Bertz CT molecular complexity index is 524. The third-order valence-corrected chi connectivity index (χ3v) is 4.04. The molecule has 1 aromatic heterocycles. The van der Waals surface area contributed by atoms with E-state index in [0.29, 0.717) is 6.54 Å². The summed E-state index contributed by atoms with van der Waals surface area (Å²) < 4.78 is 0. The number of nitrogens with two attached hydrogens (primary N) is 1. The fraction of sp³-hybridized carbons (Fsp3) is 0.562. The van der Waals surface area contributed by atoms with Crippen LogP contribution in [0.5, 0.6) is 0 Å². The smallest absolute Gasteiger partial charge is 0.239 e. The van der Waals surface area contributed by atoms with Crippen LogP contribution in [0.2, 0.25) is 0 Å². The highest BCUT2D eigenvalue weighted by atomic mass is 16.2. The molecule has 126 valence electrons. The van der Waals surface area contributed by atoms with E-state index in [0.717, 1.165) is 30.4 Å². The van der Waals surface area contributed by atoms with E-state index in [1.807, 2.05) is 12.1 Å². The van der Waals surface area contributed by atoms with Gasteiger partial charge >= 0.3 is 0 Å². The zero-order valence-corrected chi connectivity index (χ0v) is 13.5. The maximum atomic E-state index is 11.6. The Morgan fingerprint density at radius 3 is 2.61 bits per heavy atom. The summed E-state index contributed by atoms with van der Waals surface area (Å²) in [5.41, 5.74) is 6.08. The van der Waals surface area contributed by atoms with Gasteiger partial charge in [-0.15, -0.1) is 0 Å². The van der Waals surface area contributed by atoms with Gasteiger partial charge in [0.2, 0.25) is 11.8 Å². The SMILES string of the molecule is CC1CCN(c2ccc(CNC(=O)CNC(=O)CN)cn2)CC1. The van der Waals surface area contributed by atoms with Crippen LogP contribution in [-0.4, -0.2) is 43.0 Å². The van der Waals surface area contributed by atoms with Crippen molar-refractivity contribution in [1.29, 1.82) is 0 Å². The number of nitrogens with zero attached hydrogens (tertiary/aromatic N) is 2. The van der Waals surface area contributed by atoms with E-state index in [-0.39, 0.29) is 24.9 Å². The zero-order chi connectivity index (χ0) is 16.7. The van der Waals surface area contributed by atoms with Gasteiger partial charge in [-0.2, -0.15) is 0 Å². The lowest BCUT2D eigenvalue weighted by Gasteiger charge is -2.31. The van der Waals surface area contributed by atoms with Crippen LogP contribution in [-0.2, 0) is 16.1 Å². The Kier molecular flexibility index (Phi) is 6.34. The molecule has 0 radical (unpaired) electrons. The van der Waals surface area contributed by atoms with Crippen LogP contribution in [0.25, 0.3) is 0 Å². The molecule has 1 saturated heterocycles. The highest BCUT2D eigenvalue weighted by Gasteiger charge is 2.16. The Hall–Kier alpha value is -2.15. The lowest BCUT2D eigenvalue weighted by molar-refractivity contribution is -0.125. The van der Waals surface area contributed by atoms with Crippen molar-refractivity contribution in [3.63, 3.8) is 0 Å². The standard InChI is InChI=1S/C16H25N5O2/c1-12-4-6-21(7-5-12)14-3-2-13(9-18-14)10-19-16(23)11-20-15(22)8-17/h2-3,9,12H,4-8,10-11,17H2,1H3,(H,19,23)(H,20,22). The van der Waals surface area contributed by atoms with E-state index in [9.17, 15) is 9.59 Å². The van der Waals surface area contributed by atoms with Crippen molar-refractivity contribution < 1.29 is 9.59 Å². The molecule has 7 nitrogen and oxygen atoms in total. The molecule has 0 saturated carbocycles. The molecule has 1 fully saturated rings. The molecule has 2 rings (SSSR count). The summed E-state index contributed by atoms with van der Waals surface area (Å²) in [7, 11) is 0. The maximum absolute atomic E-state index is 11.6. The zero-order valence-electron chi connectivity index (χ0n) is 13.5. The number of hydrogen-bond acceptors (Lipinski definition) is 5. The number of hydrogen-bond donors (Lipinski definition) is 3. The Morgan fingerprint density at radius 2 is 2.00 bits per heavy atom. The molecule has 7 heteroatoms. The molecule has 1 aliphatic heterocycles. The van der Waals surface area contributed by atoms with Gasteiger partial charge in [0.1, 0.15) is 5.82 Å². The summed E-state index contributed by atoms with van der Waals surface area (Å²) in [6.45, 7) is 4.59. The average molecular weight is 319 g/mol. The number of aromatic nitrogens is 1. The van der Waals surface area contributed by atoms with Crippen molar-refractivity contribution >= 4 is 17.6 Å². The van der Waals surface area contributed by atoms with Crippen LogP contribution in [0.1, 0.15) is 25.3 Å². The third kappa shape index (κ3) is 5.52. The summed E-state index contributed by atoms with van der Waals surface area (Å²) in [4.78, 5) is 29.3. The number of amides is 2. The highest BCUT2D eigenvalue weighted by molar-refractivity contribution is 5.85. The van der Waals surface area contributed by atoms with E-state index in [2.05, 4.69) is 27.4 Å². The second kappa shape index (κ2) is 8.47. The summed E-state index contributed by atoms with van der Waals surface area (Å²) >= 11 is 0. The lowest BCUT2D eigenvalue weighted by Crippen LogP contribution is -2.39. The molecule has 0 aliphatic carbocycles. The Labute approximate surface area is 136 Å². The fourth-order valence-electron chi connectivity index (χ4n) is 2.46. The number of pyridine rings is 1. The fourth-order valence-corrected chi connectivity index (χ4v) is 2.46. The van der Waals surface area contributed by atoms with Crippen LogP contribution in [0.15, 0.2) is 18.3 Å². The molecule has 4 N–H and O–H groups in total. The van der Waals surface area contributed by atoms with Gasteiger partial charge in [0, 0.05) is 25.8 Å². The molecule has 0 atom stereocenters. The van der Waals surface area contributed by atoms with Crippen molar-refractivity contribution in [3.05, 3.63) is 23.9 Å². The van der Waals surface area contributed by atoms with Crippen LogP contribution in [0.4, 0.5) is 5.82 Å². The molecule has 0 bridgehead atoms. The molecule has 0 spiro atoms. The van der Waals surface area contributed by atoms with Crippen LogP contribution < -0.4 is 21.3 Å². The Morgan fingerprint density at radius 1 is 1.26 bits per heavy atom. The second-order valence-corrected chi connectivity index (χ2v) is 5.95. The van der Waals surface area contributed by atoms with Gasteiger partial charge in [-0.3, -0.25) is 9.59 Å². The quantitative estimate of drug-likeness (QED) is 0.686. The summed E-state index contributed by atoms with van der Waals surface area (Å²) in [5, 5.41) is 5.16. The molecule has 0 aromatic carbocycles. The third-order valence-electron chi connectivity index (χ3n) is 4.04. The molecular weight excluding hydrogens is 294 g/mol. The van der Waals surface area contributed by atoms with Crippen molar-refractivity contribution in [2.45, 2.75) is 26.3 Å². The number of carbonyl (C=O) groups is 2. The van der Waals surface area contributed by atoms with Crippen molar-refractivity contribution in [3.8, 4) is 0 Å². The van der Waals surface area contributed by atoms with E-state index in [1.54, 1.807) is 6.20 Å². The molecule has 2 amide bonds. The van der Waals surface area contributed by atoms with E-state index in [1.165, 1.54) is 12.8 Å². The first-order valence-electron chi connectivity index (χ1n) is 8.02. The van der Waals surface area contributed by atoms with E-state index in [4.69, 9.17) is 5.73 Å². The first-order valence-corrected chi connectivity index (χ1v) is 8.02. The normalized spacial score (nSPS) is 15.3. The van der Waals surface area contributed by atoms with Gasteiger partial charge in [0.05, 0.1) is 13.1 Å². The second-order valence-electron chi connectivity index (χ2n) is 5.95. The average Bonchev–Trinajstić information content (AvgIpc) is 2.59. The van der Waals surface area contributed by atoms with Crippen molar-refractivity contribution in [1.82, 2.24) is 15.6 Å². The van der Waals surface area contributed by atoms with E-state index >= 15 is 0 Å². The molecule has 23 heavy (non-hydrogen) atoms. The van der Waals surface area contributed by atoms with Gasteiger partial charge < -0.3 is 21.3 Å². The monoisotopic (exact) mass is 319 g/mol. The summed E-state index contributed by atoms with van der Waals surface area (Å²) in [5.74, 6) is 1.19. The topological polar surface area (TPSA) is 100 Å². The molecule has 2 heterocycles. The number of piperidine rings is 1. The van der Waals surface area contributed by atoms with Gasteiger partial charge in [-0.05, 0) is 30.4 Å². The number of anilines is 1. The summed E-state index contributed by atoms with van der Waals surface area (Å²) in [6.07, 6.45) is 4.19. The van der Waals surface area contributed by atoms with Crippen molar-refractivity contribution in [2.24, 2.45) is 11.7 Å². The minimum Gasteiger partial charge on any atom is -0.357 e. The lowest BCUT2D eigenvalue weighted by atomic mass is 9.99. The highest BCUT2D eigenvalue weighted by Crippen LogP contribution is 2.21. The van der Waals surface area contributed by atoms with Gasteiger partial charge in [0.25, 0.3) is 0 Å². The van der Waals surface area contributed by atoms with Gasteiger partial charge in [-0.25, -0.2) is 4.98 Å². The first-order chi connectivity index (χ1) is 11.1. The first kappa shape index (κ1) is 17.2. The number of carbonyl (C=O) groups excluding carboxylic acids is 2. The maximum Gasteiger partial charge on any atom is 0.239 e. The van der Waals surface area contributed by atoms with Crippen LogP contribution in [0, 0.1) is 5.92 Å². The van der Waals surface area contributed by atoms with Crippen LogP contribution in [0.3, 0.4) is 0 Å². The predicted molar refractivity (Wildman–Crippen MR) is 88.8 cm³/mol. The molecule has 1 aliphatic rings. The molecular formula is C16H25N5O2. The van der Waals surface area contributed by atoms with Gasteiger partial charge in [-0.1, -0.05) is 13.0 Å². The number of nitrogens with one attached hydrogen (secondary N) is 2. The summed E-state index contributed by atoms with van der Waals surface area (Å²) in [6, 6.07) is 3.97. The van der Waals surface area contributed by atoms with Gasteiger partial charge in [0.15, 0.2) is 0 Å². The minimum atomic E-state index is -0.345. The number of rotatable bonds is 6. The minimum absolute atomic E-state index is 0.0620. The predicted octanol–water partition coefficient (Wildman–Crippen LogP) is 0.00900. The molecule has 0 unspecified atom stereocenters. The molecule has 1 aromatic rings.